The third-order valence-corrected chi connectivity index (χ3v) is 9.43. The second-order valence-electron chi connectivity index (χ2n) is 11.2. The van der Waals surface area contributed by atoms with E-state index in [-0.39, 0.29) is 24.2 Å². The Balaban J connectivity index is 1.52. The van der Waals surface area contributed by atoms with Gasteiger partial charge in [-0.2, -0.15) is 26.3 Å². The molecule has 0 radical (unpaired) electrons. The molecular formula is C31H33F6N3O2S. The molecule has 1 aromatic carbocycles. The molecule has 0 N–H and O–H groups in total. The molecule has 1 saturated carbocycles. The maximum absolute atomic E-state index is 13.6. The number of alkyl halides is 6. The maximum Gasteiger partial charge on any atom is 0.416 e. The van der Waals surface area contributed by atoms with E-state index in [0.717, 1.165) is 47.3 Å². The van der Waals surface area contributed by atoms with Crippen LogP contribution in [0.25, 0.3) is 10.4 Å². The molecule has 1 amide bonds. The van der Waals surface area contributed by atoms with E-state index >= 15 is 0 Å². The van der Waals surface area contributed by atoms with Gasteiger partial charge in [0.1, 0.15) is 11.9 Å². The van der Waals surface area contributed by atoms with Crippen LogP contribution in [0, 0.1) is 6.92 Å². The standard InChI is InChI=1S/C31H33F6N3O2S/c1-4-39(25-8-6-5-7-9-25)28-22(12-21(16-38-28)27-18(2)10-11-43-27)17-40-19(3)26(42-29(40)41)20-13-23(30(32,33)34)15-24(14-20)31(35,36)37/h10-16,19,25-26H,4-9,17H2,1-3H3/t19-,26-/m0/s1. The molecule has 43 heavy (non-hydrogen) atoms. The number of thiophene rings is 1. The van der Waals surface area contributed by atoms with Crippen LogP contribution in [-0.2, 0) is 23.6 Å². The number of halogens is 6. The SMILES string of the molecule is CCN(c1ncc(-c2sccc2C)cc1CN1C(=O)O[C@H](c2cc(C(F)(F)F)cc(C(F)(F)F)c2)[C@@H]1C)C1CCCCC1. The number of hydrogen-bond donors (Lipinski definition) is 0. The van der Waals surface area contributed by atoms with Crippen molar-refractivity contribution in [3.63, 3.8) is 0 Å². The van der Waals surface area contributed by atoms with Crippen molar-refractivity contribution in [1.82, 2.24) is 9.88 Å². The highest BCUT2D eigenvalue weighted by Gasteiger charge is 2.43. The van der Waals surface area contributed by atoms with Crippen molar-refractivity contribution in [2.24, 2.45) is 0 Å². The summed E-state index contributed by atoms with van der Waals surface area (Å²) in [5.74, 6) is 0.717. The second-order valence-corrected chi connectivity index (χ2v) is 12.1. The summed E-state index contributed by atoms with van der Waals surface area (Å²) in [4.78, 5) is 22.7. The number of nitrogens with zero attached hydrogens (tertiary/aromatic N) is 3. The minimum absolute atomic E-state index is 0.0331. The number of benzene rings is 1. The molecule has 5 nitrogen and oxygen atoms in total. The largest absolute Gasteiger partial charge is 0.439 e. The topological polar surface area (TPSA) is 45.7 Å². The van der Waals surface area contributed by atoms with Crippen LogP contribution in [0.4, 0.5) is 37.0 Å². The molecule has 0 unspecified atom stereocenters. The molecule has 0 bridgehead atoms. The zero-order chi connectivity index (χ0) is 31.1. The molecule has 2 aliphatic rings. The number of rotatable bonds is 7. The number of ether oxygens (including phenoxy) is 1. The Morgan fingerprint density at radius 3 is 2.23 bits per heavy atom. The Bertz CT molecular complexity index is 1430. The van der Waals surface area contributed by atoms with Gasteiger partial charge >= 0.3 is 18.4 Å². The summed E-state index contributed by atoms with van der Waals surface area (Å²) >= 11 is 1.56. The number of aryl methyl sites for hydroxylation is 1. The van der Waals surface area contributed by atoms with E-state index in [2.05, 4.69) is 4.90 Å². The number of cyclic esters (lactones) is 1. The van der Waals surface area contributed by atoms with Crippen molar-refractivity contribution in [1.29, 1.82) is 0 Å². The fraction of sp³-hybridized carbons (Fsp3) is 0.484. The highest BCUT2D eigenvalue weighted by atomic mass is 32.1. The van der Waals surface area contributed by atoms with Crippen LogP contribution in [-0.4, -0.2) is 34.6 Å². The minimum Gasteiger partial charge on any atom is -0.439 e. The molecule has 1 aliphatic carbocycles. The normalized spacial score (nSPS) is 20.0. The van der Waals surface area contributed by atoms with Crippen molar-refractivity contribution in [2.75, 3.05) is 11.4 Å². The average molecular weight is 626 g/mol. The van der Waals surface area contributed by atoms with E-state index in [9.17, 15) is 31.1 Å². The molecule has 2 aromatic heterocycles. The van der Waals surface area contributed by atoms with Gasteiger partial charge in [-0.15, -0.1) is 11.3 Å². The van der Waals surface area contributed by atoms with Gasteiger partial charge in [-0.1, -0.05) is 19.3 Å². The summed E-state index contributed by atoms with van der Waals surface area (Å²) in [6.45, 7) is 6.34. The summed E-state index contributed by atoms with van der Waals surface area (Å²) < 4.78 is 86.8. The lowest BCUT2D eigenvalue weighted by Crippen LogP contribution is -2.39. The lowest BCUT2D eigenvalue weighted by atomic mass is 9.93. The first-order valence-electron chi connectivity index (χ1n) is 14.3. The Kier molecular flexibility index (Phi) is 8.70. The Labute approximate surface area is 250 Å². The van der Waals surface area contributed by atoms with E-state index < -0.39 is 41.7 Å². The summed E-state index contributed by atoms with van der Waals surface area (Å²) in [6, 6.07) is 4.74. The number of anilines is 1. The molecule has 0 spiro atoms. The molecule has 12 heteroatoms. The predicted octanol–water partition coefficient (Wildman–Crippen LogP) is 9.40. The third kappa shape index (κ3) is 6.49. The number of carbonyl (C=O) groups is 1. The number of aromatic nitrogens is 1. The van der Waals surface area contributed by atoms with Crippen LogP contribution in [0.1, 0.15) is 79.9 Å². The smallest absolute Gasteiger partial charge is 0.416 e. The van der Waals surface area contributed by atoms with Gasteiger partial charge in [0.25, 0.3) is 0 Å². The molecule has 2 fully saturated rings. The fourth-order valence-corrected chi connectivity index (χ4v) is 7.04. The zero-order valence-electron chi connectivity index (χ0n) is 24.1. The van der Waals surface area contributed by atoms with Gasteiger partial charge in [0.15, 0.2) is 0 Å². The second kappa shape index (κ2) is 12.0. The molecule has 1 aliphatic heterocycles. The van der Waals surface area contributed by atoms with E-state index in [1.807, 2.05) is 37.6 Å². The van der Waals surface area contributed by atoms with Crippen molar-refractivity contribution < 1.29 is 35.9 Å². The fourth-order valence-electron chi connectivity index (χ4n) is 6.13. The molecule has 5 rings (SSSR count). The van der Waals surface area contributed by atoms with Crippen molar-refractivity contribution in [3.8, 4) is 10.4 Å². The molecule has 1 saturated heterocycles. The Morgan fingerprint density at radius 2 is 1.67 bits per heavy atom. The van der Waals surface area contributed by atoms with Gasteiger partial charge in [0, 0.05) is 34.8 Å². The van der Waals surface area contributed by atoms with Crippen LogP contribution in [0.5, 0.6) is 0 Å². The van der Waals surface area contributed by atoms with Gasteiger partial charge in [-0.25, -0.2) is 9.78 Å². The van der Waals surface area contributed by atoms with E-state index in [4.69, 9.17) is 9.72 Å². The van der Waals surface area contributed by atoms with Crippen LogP contribution < -0.4 is 4.90 Å². The first kappa shape index (κ1) is 31.2. The lowest BCUT2D eigenvalue weighted by Gasteiger charge is -2.36. The van der Waals surface area contributed by atoms with Gasteiger partial charge < -0.3 is 9.64 Å². The Hall–Kier alpha value is -3.28. The predicted molar refractivity (Wildman–Crippen MR) is 153 cm³/mol. The van der Waals surface area contributed by atoms with E-state index in [1.54, 1.807) is 18.3 Å². The minimum atomic E-state index is -5.01. The van der Waals surface area contributed by atoms with Crippen molar-refractivity contribution in [3.05, 3.63) is 69.7 Å². The van der Waals surface area contributed by atoms with Gasteiger partial charge in [0.05, 0.1) is 23.7 Å². The Morgan fingerprint density at radius 1 is 1.02 bits per heavy atom. The van der Waals surface area contributed by atoms with E-state index in [0.29, 0.717) is 24.5 Å². The monoisotopic (exact) mass is 625 g/mol. The number of carbonyl (C=O) groups excluding carboxylic acids is 1. The highest BCUT2D eigenvalue weighted by Crippen LogP contribution is 2.42. The molecule has 2 atom stereocenters. The van der Waals surface area contributed by atoms with Crippen molar-refractivity contribution >= 4 is 23.2 Å². The quantitative estimate of drug-likeness (QED) is 0.246. The highest BCUT2D eigenvalue weighted by molar-refractivity contribution is 7.13. The first-order chi connectivity index (χ1) is 20.3. The molecule has 232 valence electrons. The van der Waals surface area contributed by atoms with Crippen LogP contribution in [0.15, 0.2) is 41.9 Å². The van der Waals surface area contributed by atoms with E-state index in [1.165, 1.54) is 11.3 Å². The van der Waals surface area contributed by atoms with Crippen molar-refractivity contribution in [2.45, 2.75) is 90.0 Å². The number of hydrogen-bond acceptors (Lipinski definition) is 5. The summed E-state index contributed by atoms with van der Waals surface area (Å²) in [5, 5.41) is 1.98. The number of amides is 1. The summed E-state index contributed by atoms with van der Waals surface area (Å²) in [7, 11) is 0. The van der Waals surface area contributed by atoms with Gasteiger partial charge in [-0.05, 0) is 80.5 Å². The molecule has 3 heterocycles. The molecular weight excluding hydrogens is 592 g/mol. The number of pyridine rings is 1. The summed E-state index contributed by atoms with van der Waals surface area (Å²) in [6.07, 6.45) is -4.91. The third-order valence-electron chi connectivity index (χ3n) is 8.37. The average Bonchev–Trinajstić information content (AvgIpc) is 3.51. The van der Waals surface area contributed by atoms with Crippen LogP contribution >= 0.6 is 11.3 Å². The van der Waals surface area contributed by atoms with Crippen LogP contribution in [0.2, 0.25) is 0 Å². The van der Waals surface area contributed by atoms with Gasteiger partial charge in [-0.3, -0.25) is 4.90 Å². The first-order valence-corrected chi connectivity index (χ1v) is 15.2. The zero-order valence-corrected chi connectivity index (χ0v) is 24.9. The van der Waals surface area contributed by atoms with Gasteiger partial charge in [0.2, 0.25) is 0 Å². The summed E-state index contributed by atoms with van der Waals surface area (Å²) in [5.41, 5.74) is -0.572. The maximum atomic E-state index is 13.6. The molecule has 3 aromatic rings. The lowest BCUT2D eigenvalue weighted by molar-refractivity contribution is -0.143. The van der Waals surface area contributed by atoms with Crippen LogP contribution in [0.3, 0.4) is 0 Å².